The first-order valence-electron chi connectivity index (χ1n) is 5.06. The molecule has 0 heterocycles. The second-order valence-corrected chi connectivity index (χ2v) is 5.29. The Morgan fingerprint density at radius 1 is 1.42 bits per heavy atom. The van der Waals surface area contributed by atoms with Gasteiger partial charge in [0.1, 0.15) is 6.04 Å². The summed E-state index contributed by atoms with van der Waals surface area (Å²) in [6.07, 6.45) is 0.184. The van der Waals surface area contributed by atoms with Crippen molar-refractivity contribution in [3.05, 3.63) is 41.8 Å². The number of nitrogens with one attached hydrogen (secondary N) is 1. The third-order valence-electron chi connectivity index (χ3n) is 2.21. The highest BCUT2D eigenvalue weighted by Gasteiger charge is 2.12. The summed E-state index contributed by atoms with van der Waals surface area (Å²) in [6.45, 7) is 3.17. The van der Waals surface area contributed by atoms with E-state index in [4.69, 9.17) is 10.8 Å². The highest BCUT2D eigenvalue weighted by atomic mass is 35.5. The van der Waals surface area contributed by atoms with E-state index in [-0.39, 0.29) is 18.8 Å². The second-order valence-electron chi connectivity index (χ2n) is 3.66. The Balaban J connectivity index is 0.00000324. The van der Waals surface area contributed by atoms with Gasteiger partial charge in [0.05, 0.1) is 0 Å². The number of aliphatic carboxylic acids is 1. The molecule has 0 unspecified atom stereocenters. The molecule has 0 aliphatic rings. The van der Waals surface area contributed by atoms with E-state index in [9.17, 15) is 13.2 Å². The van der Waals surface area contributed by atoms with Crippen molar-refractivity contribution < 1.29 is 18.3 Å². The fourth-order valence-electron chi connectivity index (χ4n) is 1.26. The molecule has 1 atom stereocenters. The van der Waals surface area contributed by atoms with Crippen LogP contribution in [0.5, 0.6) is 0 Å². The lowest BCUT2D eigenvalue weighted by atomic mass is 10.1. The first-order chi connectivity index (χ1) is 8.34. The van der Waals surface area contributed by atoms with Crippen LogP contribution >= 0.6 is 12.4 Å². The van der Waals surface area contributed by atoms with Gasteiger partial charge in [0.15, 0.2) is 0 Å². The number of anilines is 1. The number of sulfonamides is 1. The predicted octanol–water partition coefficient (Wildman–Crippen LogP) is 0.948. The molecule has 0 amide bonds. The van der Waals surface area contributed by atoms with Crippen LogP contribution in [-0.4, -0.2) is 25.5 Å². The number of carboxylic acid groups (broad SMARTS) is 1. The van der Waals surface area contributed by atoms with Crippen molar-refractivity contribution >= 4 is 34.1 Å². The number of hydrogen-bond acceptors (Lipinski definition) is 4. The summed E-state index contributed by atoms with van der Waals surface area (Å²) >= 11 is 0. The van der Waals surface area contributed by atoms with E-state index in [1.165, 1.54) is 12.1 Å². The van der Waals surface area contributed by atoms with E-state index in [0.717, 1.165) is 5.41 Å². The number of carboxylic acids is 1. The lowest BCUT2D eigenvalue weighted by molar-refractivity contribution is -0.138. The van der Waals surface area contributed by atoms with E-state index >= 15 is 0 Å². The van der Waals surface area contributed by atoms with Gasteiger partial charge in [-0.25, -0.2) is 8.42 Å². The minimum Gasteiger partial charge on any atom is -0.480 e. The molecular weight excluding hydrogens is 292 g/mol. The van der Waals surface area contributed by atoms with Crippen LogP contribution in [0.25, 0.3) is 0 Å². The smallest absolute Gasteiger partial charge is 0.320 e. The lowest BCUT2D eigenvalue weighted by Crippen LogP contribution is -2.32. The molecule has 0 bridgehead atoms. The SMILES string of the molecule is C=CS(=O)(=O)Nc1ccc(C[C@H](N)C(=O)O)cc1.Cl. The van der Waals surface area contributed by atoms with Gasteiger partial charge in [-0.15, -0.1) is 12.4 Å². The topological polar surface area (TPSA) is 109 Å². The molecule has 1 aromatic rings. The zero-order valence-corrected chi connectivity index (χ0v) is 11.6. The Morgan fingerprint density at radius 3 is 2.37 bits per heavy atom. The zero-order valence-electron chi connectivity index (χ0n) is 9.94. The van der Waals surface area contributed by atoms with Gasteiger partial charge in [-0.05, 0) is 24.1 Å². The highest BCUT2D eigenvalue weighted by molar-refractivity contribution is 7.95. The maximum absolute atomic E-state index is 11.2. The molecule has 0 radical (unpaired) electrons. The molecule has 1 rings (SSSR count). The molecule has 106 valence electrons. The summed E-state index contributed by atoms with van der Waals surface area (Å²) in [4.78, 5) is 10.6. The Labute approximate surface area is 117 Å². The average molecular weight is 307 g/mol. The fraction of sp³-hybridized carbons (Fsp3) is 0.182. The van der Waals surface area contributed by atoms with Gasteiger partial charge in [0, 0.05) is 11.1 Å². The molecule has 6 nitrogen and oxygen atoms in total. The highest BCUT2D eigenvalue weighted by Crippen LogP contribution is 2.12. The monoisotopic (exact) mass is 306 g/mol. The van der Waals surface area contributed by atoms with Crippen LogP contribution in [0.2, 0.25) is 0 Å². The molecule has 8 heteroatoms. The molecule has 4 N–H and O–H groups in total. The number of carbonyl (C=O) groups is 1. The molecule has 0 aliphatic carbocycles. The zero-order chi connectivity index (χ0) is 13.8. The number of rotatable bonds is 6. The van der Waals surface area contributed by atoms with Gasteiger partial charge < -0.3 is 10.8 Å². The third-order valence-corrected chi connectivity index (χ3v) is 3.17. The predicted molar refractivity (Wildman–Crippen MR) is 75.7 cm³/mol. The van der Waals surface area contributed by atoms with Gasteiger partial charge >= 0.3 is 5.97 Å². The lowest BCUT2D eigenvalue weighted by Gasteiger charge is -2.08. The largest absolute Gasteiger partial charge is 0.480 e. The van der Waals surface area contributed by atoms with Gasteiger partial charge in [0.2, 0.25) is 0 Å². The molecule has 0 aliphatic heterocycles. The number of benzene rings is 1. The van der Waals surface area contributed by atoms with Crippen molar-refractivity contribution in [1.82, 2.24) is 0 Å². The third kappa shape index (κ3) is 5.73. The van der Waals surface area contributed by atoms with Crippen LogP contribution in [0.1, 0.15) is 5.56 Å². The minimum absolute atomic E-state index is 0. The Hall–Kier alpha value is -1.57. The molecule has 0 spiro atoms. The van der Waals surface area contributed by atoms with E-state index in [0.29, 0.717) is 11.3 Å². The van der Waals surface area contributed by atoms with E-state index in [1.54, 1.807) is 12.1 Å². The standard InChI is InChI=1S/C11H14N2O4S.ClH/c1-2-18(16,17)13-9-5-3-8(4-6-9)7-10(12)11(14)15;/h2-6,10,13H,1,7,12H2,(H,14,15);1H/t10-;/m0./s1. The Bertz CT molecular complexity index is 542. The molecule has 0 saturated carbocycles. The maximum Gasteiger partial charge on any atom is 0.320 e. The van der Waals surface area contributed by atoms with Crippen LogP contribution in [0.3, 0.4) is 0 Å². The van der Waals surface area contributed by atoms with Crippen LogP contribution in [-0.2, 0) is 21.2 Å². The quantitative estimate of drug-likeness (QED) is 0.725. The van der Waals surface area contributed by atoms with Crippen LogP contribution in [0, 0.1) is 0 Å². The molecule has 0 fully saturated rings. The summed E-state index contributed by atoms with van der Waals surface area (Å²) in [7, 11) is -3.53. The summed E-state index contributed by atoms with van der Waals surface area (Å²) in [5, 5.41) is 9.46. The van der Waals surface area contributed by atoms with Gasteiger partial charge in [0.25, 0.3) is 10.0 Å². The van der Waals surface area contributed by atoms with Gasteiger partial charge in [-0.1, -0.05) is 18.7 Å². The maximum atomic E-state index is 11.2. The number of hydrogen-bond donors (Lipinski definition) is 3. The van der Waals surface area contributed by atoms with Crippen molar-refractivity contribution in [2.24, 2.45) is 5.73 Å². The molecule has 0 aromatic heterocycles. The molecular formula is C11H15ClN2O4S. The fourth-order valence-corrected chi connectivity index (χ4v) is 1.80. The van der Waals surface area contributed by atoms with E-state index in [1.807, 2.05) is 0 Å². The van der Waals surface area contributed by atoms with Crippen molar-refractivity contribution in [2.45, 2.75) is 12.5 Å². The van der Waals surface area contributed by atoms with Crippen molar-refractivity contribution in [3.63, 3.8) is 0 Å². The Morgan fingerprint density at radius 2 is 1.95 bits per heavy atom. The summed E-state index contributed by atoms with van der Waals surface area (Å²) in [5.41, 5.74) is 6.48. The summed E-state index contributed by atoms with van der Waals surface area (Å²) in [6, 6.07) is 5.32. The molecule has 0 saturated heterocycles. The summed E-state index contributed by atoms with van der Waals surface area (Å²) in [5.74, 6) is -1.08. The van der Waals surface area contributed by atoms with Gasteiger partial charge in [-0.2, -0.15) is 0 Å². The van der Waals surface area contributed by atoms with Crippen LogP contribution in [0.4, 0.5) is 5.69 Å². The summed E-state index contributed by atoms with van der Waals surface area (Å²) < 4.78 is 24.7. The van der Waals surface area contributed by atoms with Crippen LogP contribution in [0.15, 0.2) is 36.3 Å². The van der Waals surface area contributed by atoms with Crippen molar-refractivity contribution in [3.8, 4) is 0 Å². The van der Waals surface area contributed by atoms with Crippen molar-refractivity contribution in [1.29, 1.82) is 0 Å². The molecule has 1 aromatic carbocycles. The number of nitrogens with two attached hydrogens (primary N) is 1. The van der Waals surface area contributed by atoms with Gasteiger partial charge in [-0.3, -0.25) is 9.52 Å². The van der Waals surface area contributed by atoms with E-state index in [2.05, 4.69) is 11.3 Å². The number of halogens is 1. The van der Waals surface area contributed by atoms with Crippen LogP contribution < -0.4 is 10.5 Å². The van der Waals surface area contributed by atoms with E-state index < -0.39 is 22.0 Å². The average Bonchev–Trinajstić information content (AvgIpc) is 2.31. The Kier molecular flexibility index (Phi) is 6.54. The minimum atomic E-state index is -3.53. The second kappa shape index (κ2) is 7.13. The van der Waals surface area contributed by atoms with Crippen molar-refractivity contribution in [2.75, 3.05) is 4.72 Å². The molecule has 19 heavy (non-hydrogen) atoms. The first kappa shape index (κ1) is 17.4. The normalized spacial score (nSPS) is 12.1. The first-order valence-corrected chi connectivity index (χ1v) is 6.61.